The van der Waals surface area contributed by atoms with E-state index in [0.29, 0.717) is 4.90 Å². The Morgan fingerprint density at radius 1 is 1.31 bits per heavy atom. The number of rotatable bonds is 3. The zero-order chi connectivity index (χ0) is 12.3. The lowest BCUT2D eigenvalue weighted by Crippen LogP contribution is -2.30. The van der Waals surface area contributed by atoms with Gasteiger partial charge in [0.15, 0.2) is 0 Å². The Morgan fingerprint density at radius 3 is 2.25 bits per heavy atom. The average Bonchev–Trinajstić information content (AvgIpc) is 2.17. The first-order valence-electron chi connectivity index (χ1n) is 4.50. The molecule has 0 aliphatic heterocycles. The van der Waals surface area contributed by atoms with Gasteiger partial charge >= 0.3 is 0 Å². The Labute approximate surface area is 112 Å². The summed E-state index contributed by atoms with van der Waals surface area (Å²) in [7, 11) is -1.37. The van der Waals surface area contributed by atoms with Gasteiger partial charge in [0, 0.05) is 4.90 Å². The number of hydrogen-bond donors (Lipinski definition) is 1. The molecule has 0 fully saturated rings. The lowest BCUT2D eigenvalue weighted by atomic mass is 10.2. The van der Waals surface area contributed by atoms with Gasteiger partial charge in [0.1, 0.15) is 6.10 Å². The van der Waals surface area contributed by atoms with Crippen molar-refractivity contribution in [2.45, 2.75) is 21.7 Å². The first-order chi connectivity index (χ1) is 7.30. The molecule has 2 atom stereocenters. The molecule has 0 amide bonds. The summed E-state index contributed by atoms with van der Waals surface area (Å²) in [6.45, 7) is 1.93. The van der Waals surface area contributed by atoms with Gasteiger partial charge < -0.3 is 5.11 Å². The van der Waals surface area contributed by atoms with E-state index in [0.717, 1.165) is 5.56 Å². The van der Waals surface area contributed by atoms with Crippen molar-refractivity contribution in [1.29, 1.82) is 0 Å². The summed E-state index contributed by atoms with van der Waals surface area (Å²) in [5.41, 5.74) is 1.07. The largest absolute Gasteiger partial charge is 0.388 e. The average molecular weight is 302 g/mol. The Hall–Kier alpha value is 0.200. The molecule has 1 aromatic rings. The van der Waals surface area contributed by atoms with E-state index in [-0.39, 0.29) is 5.75 Å². The van der Waals surface area contributed by atoms with E-state index in [1.54, 1.807) is 12.1 Å². The molecule has 0 radical (unpaired) electrons. The third-order valence-electron chi connectivity index (χ3n) is 1.97. The first kappa shape index (κ1) is 14.3. The molecule has 0 saturated carbocycles. The maximum absolute atomic E-state index is 11.8. The molecule has 0 spiro atoms. The molecular weight excluding hydrogens is 291 g/mol. The predicted octanol–water partition coefficient (Wildman–Crippen LogP) is 2.83. The highest BCUT2D eigenvalue weighted by Gasteiger charge is 2.32. The van der Waals surface area contributed by atoms with Crippen LogP contribution in [0.15, 0.2) is 29.2 Å². The van der Waals surface area contributed by atoms with E-state index in [1.165, 1.54) is 0 Å². The van der Waals surface area contributed by atoms with Gasteiger partial charge in [-0.05, 0) is 19.1 Å². The van der Waals surface area contributed by atoms with Gasteiger partial charge in [-0.1, -0.05) is 52.5 Å². The minimum atomic E-state index is -1.81. The fourth-order valence-electron chi connectivity index (χ4n) is 1.02. The lowest BCUT2D eigenvalue weighted by molar-refractivity contribution is 0.203. The molecule has 0 bridgehead atoms. The van der Waals surface area contributed by atoms with Crippen LogP contribution in [0.3, 0.4) is 0 Å². The summed E-state index contributed by atoms with van der Waals surface area (Å²) < 4.78 is 9.98. The summed E-state index contributed by atoms with van der Waals surface area (Å²) in [4.78, 5) is 0.610. The highest BCUT2D eigenvalue weighted by atomic mass is 35.6. The number of aliphatic hydroxyl groups is 1. The zero-order valence-electron chi connectivity index (χ0n) is 8.49. The summed E-state index contributed by atoms with van der Waals surface area (Å²) in [6, 6.07) is 7.15. The Balaban J connectivity index is 2.70. The number of aliphatic hydroxyl groups excluding tert-OH is 1. The van der Waals surface area contributed by atoms with Crippen LogP contribution in [0.2, 0.25) is 0 Å². The van der Waals surface area contributed by atoms with E-state index >= 15 is 0 Å². The van der Waals surface area contributed by atoms with Gasteiger partial charge in [-0.2, -0.15) is 0 Å². The van der Waals surface area contributed by atoms with Gasteiger partial charge in [0.2, 0.25) is 3.79 Å². The van der Waals surface area contributed by atoms with Crippen LogP contribution < -0.4 is 0 Å². The second kappa shape index (κ2) is 5.69. The van der Waals surface area contributed by atoms with Crippen molar-refractivity contribution in [2.75, 3.05) is 5.75 Å². The number of hydrogen-bond acceptors (Lipinski definition) is 2. The Morgan fingerprint density at radius 2 is 1.81 bits per heavy atom. The maximum atomic E-state index is 11.8. The normalized spacial score (nSPS) is 15.8. The highest BCUT2D eigenvalue weighted by Crippen LogP contribution is 2.31. The molecule has 16 heavy (non-hydrogen) atoms. The van der Waals surface area contributed by atoms with Gasteiger partial charge in [-0.3, -0.25) is 4.21 Å². The van der Waals surface area contributed by atoms with Crippen LogP contribution in [0, 0.1) is 6.92 Å². The van der Waals surface area contributed by atoms with Crippen LogP contribution in [0.25, 0.3) is 0 Å². The minimum Gasteiger partial charge on any atom is -0.388 e. The fraction of sp³-hybridized carbons (Fsp3) is 0.400. The van der Waals surface area contributed by atoms with Crippen LogP contribution in [0.1, 0.15) is 5.56 Å². The molecule has 90 valence electrons. The maximum Gasteiger partial charge on any atom is 0.216 e. The Kier molecular flexibility index (Phi) is 5.08. The van der Waals surface area contributed by atoms with Crippen LogP contribution in [-0.4, -0.2) is 25.0 Å². The predicted molar refractivity (Wildman–Crippen MR) is 68.8 cm³/mol. The van der Waals surface area contributed by atoms with E-state index in [2.05, 4.69) is 0 Å². The fourth-order valence-corrected chi connectivity index (χ4v) is 2.70. The van der Waals surface area contributed by atoms with Gasteiger partial charge in [0.05, 0.1) is 16.6 Å². The molecule has 1 rings (SSSR count). The van der Waals surface area contributed by atoms with Crippen molar-refractivity contribution in [1.82, 2.24) is 0 Å². The summed E-state index contributed by atoms with van der Waals surface area (Å²) in [5.74, 6) is -0.0977. The van der Waals surface area contributed by atoms with Crippen molar-refractivity contribution >= 4 is 45.6 Å². The number of aryl methyl sites for hydroxylation is 1. The second-order valence-electron chi connectivity index (χ2n) is 3.38. The monoisotopic (exact) mass is 300 g/mol. The van der Waals surface area contributed by atoms with Crippen LogP contribution in [0.4, 0.5) is 0 Å². The molecule has 0 heterocycles. The van der Waals surface area contributed by atoms with Crippen molar-refractivity contribution in [3.05, 3.63) is 29.8 Å². The molecule has 0 aliphatic carbocycles. The van der Waals surface area contributed by atoms with Crippen LogP contribution in [-0.2, 0) is 10.8 Å². The number of alkyl halides is 3. The van der Waals surface area contributed by atoms with E-state index in [4.69, 9.17) is 34.8 Å². The van der Waals surface area contributed by atoms with Crippen LogP contribution in [0.5, 0.6) is 0 Å². The molecule has 1 N–H and O–H groups in total. The quantitative estimate of drug-likeness (QED) is 0.872. The third kappa shape index (κ3) is 4.22. The van der Waals surface area contributed by atoms with Crippen molar-refractivity contribution in [3.63, 3.8) is 0 Å². The highest BCUT2D eigenvalue weighted by molar-refractivity contribution is 7.85. The molecule has 0 aromatic heterocycles. The number of benzene rings is 1. The molecule has 1 aromatic carbocycles. The third-order valence-corrected chi connectivity index (χ3v) is 4.14. The topological polar surface area (TPSA) is 37.3 Å². The van der Waals surface area contributed by atoms with Gasteiger partial charge in [-0.25, -0.2) is 0 Å². The summed E-state index contributed by atoms with van der Waals surface area (Å²) >= 11 is 16.5. The SMILES string of the molecule is Cc1ccc([S@](=O)C[C@@H](O)C(Cl)(Cl)Cl)cc1. The smallest absolute Gasteiger partial charge is 0.216 e. The number of halogens is 3. The summed E-state index contributed by atoms with van der Waals surface area (Å²) in [6.07, 6.45) is -1.25. The molecular formula is C10H11Cl3O2S. The summed E-state index contributed by atoms with van der Waals surface area (Å²) in [5, 5.41) is 9.48. The second-order valence-corrected chi connectivity index (χ2v) is 7.25. The van der Waals surface area contributed by atoms with Crippen LogP contribution >= 0.6 is 34.8 Å². The standard InChI is InChI=1S/C10H11Cl3O2S/c1-7-2-4-8(5-3-7)16(15)6-9(14)10(11,12)13/h2-5,9,14H,6H2,1H3/t9-,16-/m1/s1. The van der Waals surface area contributed by atoms with E-state index in [9.17, 15) is 9.32 Å². The Bertz CT molecular complexity index is 373. The molecule has 2 nitrogen and oxygen atoms in total. The van der Waals surface area contributed by atoms with E-state index < -0.39 is 20.7 Å². The lowest BCUT2D eigenvalue weighted by Gasteiger charge is -2.18. The zero-order valence-corrected chi connectivity index (χ0v) is 11.6. The van der Waals surface area contributed by atoms with Crippen molar-refractivity contribution in [2.24, 2.45) is 0 Å². The van der Waals surface area contributed by atoms with Crippen molar-refractivity contribution < 1.29 is 9.32 Å². The van der Waals surface area contributed by atoms with E-state index in [1.807, 2.05) is 19.1 Å². The van der Waals surface area contributed by atoms with Gasteiger partial charge in [-0.15, -0.1) is 0 Å². The van der Waals surface area contributed by atoms with Gasteiger partial charge in [0.25, 0.3) is 0 Å². The first-order valence-corrected chi connectivity index (χ1v) is 6.96. The minimum absolute atomic E-state index is 0.0977. The molecule has 0 aliphatic rings. The molecule has 0 saturated heterocycles. The molecule has 6 heteroatoms. The molecule has 0 unspecified atom stereocenters. The van der Waals surface area contributed by atoms with Crippen molar-refractivity contribution in [3.8, 4) is 0 Å².